The van der Waals surface area contributed by atoms with Crippen LogP contribution in [0.5, 0.6) is 5.75 Å². The van der Waals surface area contributed by atoms with E-state index in [0.29, 0.717) is 45.2 Å². The van der Waals surface area contributed by atoms with E-state index in [1.54, 1.807) is 18.3 Å². The number of carbonyl (C=O) groups is 1. The number of ether oxygens (including phenoxy) is 4. The molecule has 3 rings (SSSR count). The summed E-state index contributed by atoms with van der Waals surface area (Å²) in [7, 11) is 1.40. The summed E-state index contributed by atoms with van der Waals surface area (Å²) >= 11 is 0. The first-order chi connectivity index (χ1) is 19.0. The van der Waals surface area contributed by atoms with Gasteiger partial charge in [0.05, 0.1) is 45.3 Å². The molecule has 0 aliphatic heterocycles. The van der Waals surface area contributed by atoms with Gasteiger partial charge in [0.1, 0.15) is 5.75 Å². The van der Waals surface area contributed by atoms with E-state index in [0.717, 1.165) is 40.2 Å². The summed E-state index contributed by atoms with van der Waals surface area (Å²) < 4.78 is 22.2. The second-order valence-electron chi connectivity index (χ2n) is 8.92. The van der Waals surface area contributed by atoms with Gasteiger partial charge in [-0.2, -0.15) is 0 Å². The molecular weight excluding hydrogens is 494 g/mol. The first-order valence-electron chi connectivity index (χ1n) is 13.0. The largest absolute Gasteiger partial charge is 0.490 e. The van der Waals surface area contributed by atoms with Crippen molar-refractivity contribution in [3.05, 3.63) is 91.2 Å². The predicted molar refractivity (Wildman–Crippen MR) is 153 cm³/mol. The minimum absolute atomic E-state index is 0.0791. The summed E-state index contributed by atoms with van der Waals surface area (Å²) in [4.78, 5) is 20.5. The van der Waals surface area contributed by atoms with E-state index >= 15 is 0 Å². The molecule has 1 atom stereocenters. The molecule has 1 unspecified atom stereocenters. The van der Waals surface area contributed by atoms with E-state index in [9.17, 15) is 4.79 Å². The Morgan fingerprint density at radius 3 is 2.62 bits per heavy atom. The second-order valence-corrected chi connectivity index (χ2v) is 8.92. The number of nitrogens with one attached hydrogen (secondary N) is 1. The maximum absolute atomic E-state index is 11.4. The topological polar surface area (TPSA) is 91.8 Å². The fourth-order valence-electron chi connectivity index (χ4n) is 3.84. The van der Waals surface area contributed by atoms with Crippen molar-refractivity contribution in [2.24, 2.45) is 0 Å². The van der Waals surface area contributed by atoms with Crippen molar-refractivity contribution in [3.8, 4) is 17.0 Å². The van der Waals surface area contributed by atoms with Crippen LogP contribution in [0.1, 0.15) is 37.3 Å². The summed E-state index contributed by atoms with van der Waals surface area (Å²) in [6, 6.07) is 15.7. The molecule has 2 aromatic carbocycles. The van der Waals surface area contributed by atoms with Gasteiger partial charge in [-0.3, -0.25) is 4.79 Å². The van der Waals surface area contributed by atoms with Crippen molar-refractivity contribution in [1.82, 2.24) is 9.97 Å². The van der Waals surface area contributed by atoms with Gasteiger partial charge in [-0.15, -0.1) is 13.2 Å². The molecule has 1 heterocycles. The van der Waals surface area contributed by atoms with Gasteiger partial charge < -0.3 is 24.3 Å². The van der Waals surface area contributed by atoms with E-state index in [1.807, 2.05) is 49.4 Å². The number of hydrogen-bond donors (Lipinski definition) is 1. The van der Waals surface area contributed by atoms with Crippen molar-refractivity contribution >= 4 is 17.6 Å². The van der Waals surface area contributed by atoms with Crippen LogP contribution >= 0.6 is 0 Å². The van der Waals surface area contributed by atoms with E-state index in [2.05, 4.69) is 29.5 Å². The molecule has 0 aliphatic rings. The molecule has 0 amide bonds. The number of nitrogens with zero attached hydrogens (tertiary/aromatic N) is 2. The van der Waals surface area contributed by atoms with Crippen molar-refractivity contribution in [3.63, 3.8) is 0 Å². The van der Waals surface area contributed by atoms with Gasteiger partial charge in [-0.05, 0) is 55.7 Å². The molecule has 0 radical (unpaired) electrons. The van der Waals surface area contributed by atoms with Crippen LogP contribution in [0.15, 0.2) is 80.0 Å². The Hall–Kier alpha value is -4.01. The minimum Gasteiger partial charge on any atom is -0.490 e. The van der Waals surface area contributed by atoms with Gasteiger partial charge in [0.15, 0.2) is 0 Å². The quantitative estimate of drug-likeness (QED) is 0.121. The van der Waals surface area contributed by atoms with Crippen LogP contribution in [0.3, 0.4) is 0 Å². The number of esters is 1. The van der Waals surface area contributed by atoms with Gasteiger partial charge in [0.2, 0.25) is 5.95 Å². The lowest BCUT2D eigenvalue weighted by molar-refractivity contribution is -0.140. The Morgan fingerprint density at radius 2 is 1.85 bits per heavy atom. The monoisotopic (exact) mass is 531 g/mol. The smallest absolute Gasteiger partial charge is 0.305 e. The minimum atomic E-state index is -0.215. The fourth-order valence-corrected chi connectivity index (χ4v) is 3.84. The molecule has 1 aromatic heterocycles. The highest BCUT2D eigenvalue weighted by Gasteiger charge is 2.12. The Bertz CT molecular complexity index is 1230. The number of aromatic nitrogens is 2. The molecule has 0 saturated heterocycles. The third-order valence-electron chi connectivity index (χ3n) is 5.74. The highest BCUT2D eigenvalue weighted by molar-refractivity contribution is 5.69. The highest BCUT2D eigenvalue weighted by atomic mass is 16.5. The van der Waals surface area contributed by atoms with Gasteiger partial charge in [0, 0.05) is 29.4 Å². The highest BCUT2D eigenvalue weighted by Crippen LogP contribution is 2.28. The van der Waals surface area contributed by atoms with Crippen molar-refractivity contribution < 1.29 is 23.7 Å². The summed E-state index contributed by atoms with van der Waals surface area (Å²) in [6.07, 6.45) is 6.87. The maximum Gasteiger partial charge on any atom is 0.305 e. The summed E-state index contributed by atoms with van der Waals surface area (Å²) in [5.74, 6) is 0.983. The van der Waals surface area contributed by atoms with Crippen molar-refractivity contribution in [1.29, 1.82) is 0 Å². The molecular formula is C31H37N3O5. The van der Waals surface area contributed by atoms with E-state index in [-0.39, 0.29) is 12.1 Å². The Balaban J connectivity index is 1.72. The number of benzene rings is 2. The van der Waals surface area contributed by atoms with E-state index in [4.69, 9.17) is 23.9 Å². The van der Waals surface area contributed by atoms with Crippen LogP contribution in [-0.4, -0.2) is 42.4 Å². The van der Waals surface area contributed by atoms with Crippen LogP contribution in [0, 0.1) is 0 Å². The number of carbonyl (C=O) groups excluding carboxylic acids is 1. The molecule has 1 N–H and O–H groups in total. The third-order valence-corrected chi connectivity index (χ3v) is 5.74. The summed E-state index contributed by atoms with van der Waals surface area (Å²) in [5.41, 5.74) is 4.52. The van der Waals surface area contributed by atoms with Gasteiger partial charge >= 0.3 is 5.97 Å². The maximum atomic E-state index is 11.4. The molecule has 8 heteroatoms. The number of anilines is 2. The van der Waals surface area contributed by atoms with Gasteiger partial charge in [-0.25, -0.2) is 9.97 Å². The zero-order chi connectivity index (χ0) is 27.9. The Kier molecular flexibility index (Phi) is 12.2. The molecule has 8 nitrogen and oxygen atoms in total. The summed E-state index contributed by atoms with van der Waals surface area (Å²) in [5, 5.41) is 3.29. The van der Waals surface area contributed by atoms with Crippen molar-refractivity contribution in [2.45, 2.75) is 45.5 Å². The zero-order valence-corrected chi connectivity index (χ0v) is 22.7. The molecule has 206 valence electrons. The second kappa shape index (κ2) is 16.1. The molecule has 0 bridgehead atoms. The standard InChI is InChI=1S/C31H37N3O5/c1-5-17-37-21-24-10-8-11-25(19-24)28-15-16-32-31(34-28)33-27-13-14-29(26(20-27)22-38-18-6-2)39-23(3)9-7-12-30(35)36-4/h5-6,8,10-11,13-16,19-20,23H,1-2,7,9,12,17-18,21-22H2,3-4H3,(H,32,33,34). The normalized spacial score (nSPS) is 11.4. The molecule has 0 saturated carbocycles. The van der Waals surface area contributed by atoms with Crippen LogP contribution in [0.4, 0.5) is 11.6 Å². The Labute approximate surface area is 230 Å². The lowest BCUT2D eigenvalue weighted by Gasteiger charge is -2.18. The Morgan fingerprint density at radius 1 is 1.05 bits per heavy atom. The average molecular weight is 532 g/mol. The van der Waals surface area contributed by atoms with Crippen LogP contribution in [0.2, 0.25) is 0 Å². The molecule has 3 aromatic rings. The fraction of sp³-hybridized carbons (Fsp3) is 0.323. The SMILES string of the molecule is C=CCOCc1cccc(-c2ccnc(Nc3ccc(OC(C)CCCC(=O)OC)c(COCC=C)c3)n2)c1. The lowest BCUT2D eigenvalue weighted by atomic mass is 10.1. The predicted octanol–water partition coefficient (Wildman–Crippen LogP) is 6.40. The van der Waals surface area contributed by atoms with Crippen LogP contribution in [-0.2, 0) is 32.2 Å². The molecule has 0 aliphatic carbocycles. The molecule has 0 fully saturated rings. The van der Waals surface area contributed by atoms with E-state index < -0.39 is 0 Å². The lowest BCUT2D eigenvalue weighted by Crippen LogP contribution is -2.14. The van der Waals surface area contributed by atoms with Gasteiger partial charge in [-0.1, -0.05) is 30.4 Å². The summed E-state index contributed by atoms with van der Waals surface area (Å²) in [6.45, 7) is 11.2. The third kappa shape index (κ3) is 10.00. The first kappa shape index (κ1) is 29.5. The number of methoxy groups -OCH3 is 1. The number of rotatable bonds is 17. The molecule has 39 heavy (non-hydrogen) atoms. The van der Waals surface area contributed by atoms with Crippen molar-refractivity contribution in [2.75, 3.05) is 25.6 Å². The van der Waals surface area contributed by atoms with Gasteiger partial charge in [0.25, 0.3) is 0 Å². The van der Waals surface area contributed by atoms with Crippen LogP contribution in [0.25, 0.3) is 11.3 Å². The number of hydrogen-bond acceptors (Lipinski definition) is 8. The molecule has 0 spiro atoms. The first-order valence-corrected chi connectivity index (χ1v) is 13.0. The van der Waals surface area contributed by atoms with E-state index in [1.165, 1.54) is 7.11 Å². The zero-order valence-electron chi connectivity index (χ0n) is 22.7. The average Bonchev–Trinajstić information content (AvgIpc) is 2.95. The van der Waals surface area contributed by atoms with Crippen LogP contribution < -0.4 is 10.1 Å².